The van der Waals surface area contributed by atoms with Gasteiger partial charge in [-0.1, -0.05) is 60.7 Å². The molecule has 9 heteroatoms. The van der Waals surface area contributed by atoms with Crippen molar-refractivity contribution in [1.82, 2.24) is 0 Å². The lowest BCUT2D eigenvalue weighted by atomic mass is 10.1. The Kier molecular flexibility index (Phi) is 4.20. The Bertz CT molecular complexity index is 1100. The molecular formula is C16H10N4O2S3. The zero-order chi connectivity index (χ0) is 17.3. The Labute approximate surface area is 152 Å². The molecule has 0 aliphatic carbocycles. The lowest BCUT2D eigenvalue weighted by Gasteiger charge is -2.03. The molecule has 0 bridgehead atoms. The fourth-order valence-corrected chi connectivity index (χ4v) is 4.74. The number of aliphatic imine (C=N–C) groups is 1. The molecule has 2 aromatic carbocycles. The summed E-state index contributed by atoms with van der Waals surface area (Å²) in [4.78, 5) is 5.32. The van der Waals surface area contributed by atoms with Crippen LogP contribution in [0.4, 0.5) is 0 Å². The molecule has 0 N–H and O–H groups in total. The van der Waals surface area contributed by atoms with Crippen LogP contribution in [0.3, 0.4) is 0 Å². The number of benzene rings is 2. The predicted molar refractivity (Wildman–Crippen MR) is 105 cm³/mol. The van der Waals surface area contributed by atoms with Crippen LogP contribution in [0.25, 0.3) is 0 Å². The first-order chi connectivity index (χ1) is 12.1. The Morgan fingerprint density at radius 1 is 0.840 bits per heavy atom. The van der Waals surface area contributed by atoms with Crippen LogP contribution in [0.15, 0.2) is 78.2 Å². The quantitative estimate of drug-likeness (QED) is 0.588. The van der Waals surface area contributed by atoms with Crippen molar-refractivity contribution in [3.63, 3.8) is 0 Å². The molecule has 124 valence electrons. The van der Waals surface area contributed by atoms with E-state index >= 15 is 0 Å². The summed E-state index contributed by atoms with van der Waals surface area (Å²) in [5, 5.41) is 0.607. The van der Waals surface area contributed by atoms with E-state index in [9.17, 15) is 8.42 Å². The second-order valence-corrected chi connectivity index (χ2v) is 8.06. The van der Waals surface area contributed by atoms with E-state index in [0.29, 0.717) is 10.6 Å². The third kappa shape index (κ3) is 3.39. The van der Waals surface area contributed by atoms with Crippen LogP contribution in [-0.4, -0.2) is 29.9 Å². The van der Waals surface area contributed by atoms with Gasteiger partial charge in [0.05, 0.1) is 4.86 Å². The molecule has 2 aromatic rings. The van der Waals surface area contributed by atoms with Gasteiger partial charge in [0.15, 0.2) is 5.84 Å². The Morgan fingerprint density at radius 3 is 2.16 bits per heavy atom. The Morgan fingerprint density at radius 2 is 1.48 bits per heavy atom. The molecule has 2 heterocycles. The smallest absolute Gasteiger partial charge is 0.216 e. The van der Waals surface area contributed by atoms with Crippen molar-refractivity contribution in [3.8, 4) is 0 Å². The highest BCUT2D eigenvalue weighted by atomic mass is 32.2. The number of hydrogen-bond acceptors (Lipinski definition) is 5. The van der Waals surface area contributed by atoms with Gasteiger partial charge in [-0.15, -0.1) is 8.80 Å². The number of hydrogen-bond donors (Lipinski definition) is 0. The van der Waals surface area contributed by atoms with E-state index in [4.69, 9.17) is 0 Å². The molecule has 0 aromatic heterocycles. The second-order valence-electron chi connectivity index (χ2n) is 5.04. The zero-order valence-electron chi connectivity index (χ0n) is 12.6. The van der Waals surface area contributed by atoms with Gasteiger partial charge in [0.25, 0.3) is 0 Å². The lowest BCUT2D eigenvalue weighted by molar-refractivity contribution is 0.601. The van der Waals surface area contributed by atoms with Crippen molar-refractivity contribution < 1.29 is 8.42 Å². The summed E-state index contributed by atoms with van der Waals surface area (Å²) in [5.74, 6) is 0.0832. The maximum atomic E-state index is 11.9. The third-order valence-corrected chi connectivity index (χ3v) is 5.98. The fourth-order valence-electron chi connectivity index (χ4n) is 2.29. The van der Waals surface area contributed by atoms with Crippen LogP contribution >= 0.6 is 11.9 Å². The number of amidine groups is 1. The van der Waals surface area contributed by atoms with E-state index in [2.05, 4.69) is 17.6 Å². The normalized spacial score (nSPS) is 20.0. The molecule has 2 aliphatic heterocycles. The largest absolute Gasteiger partial charge is 0.365 e. The van der Waals surface area contributed by atoms with E-state index in [0.717, 1.165) is 10.4 Å². The van der Waals surface area contributed by atoms with Crippen molar-refractivity contribution >= 4 is 54.8 Å². The third-order valence-electron chi connectivity index (χ3n) is 3.36. The molecule has 6 nitrogen and oxygen atoms in total. The average Bonchev–Trinajstić information content (AvgIpc) is 3.20. The molecule has 25 heavy (non-hydrogen) atoms. The van der Waals surface area contributed by atoms with E-state index in [1.165, 1.54) is 23.1 Å². The molecule has 0 amide bonds. The maximum absolute atomic E-state index is 11.9. The van der Waals surface area contributed by atoms with Crippen molar-refractivity contribution in [2.45, 2.75) is 0 Å². The van der Waals surface area contributed by atoms with Crippen molar-refractivity contribution in [2.24, 2.45) is 17.6 Å². The fraction of sp³-hybridized carbons (Fsp3) is 0. The van der Waals surface area contributed by atoms with E-state index in [1.807, 2.05) is 48.5 Å². The van der Waals surface area contributed by atoms with Gasteiger partial charge in [0.2, 0.25) is 0 Å². The first-order valence-corrected chi connectivity index (χ1v) is 10.1. The van der Waals surface area contributed by atoms with Gasteiger partial charge >= 0.3 is 10.2 Å². The van der Waals surface area contributed by atoms with Gasteiger partial charge < -0.3 is 0 Å². The summed E-state index contributed by atoms with van der Waals surface area (Å²) in [6.45, 7) is 0. The van der Waals surface area contributed by atoms with Gasteiger partial charge in [0, 0.05) is 17.5 Å². The first kappa shape index (κ1) is 16.1. The molecule has 0 saturated heterocycles. The molecule has 0 atom stereocenters. The van der Waals surface area contributed by atoms with Crippen LogP contribution < -0.4 is 0 Å². The zero-order valence-corrected chi connectivity index (χ0v) is 15.1. The minimum absolute atomic E-state index is 0.0832. The van der Waals surface area contributed by atoms with Crippen LogP contribution in [0, 0.1) is 0 Å². The van der Waals surface area contributed by atoms with Crippen LogP contribution in [0.1, 0.15) is 11.1 Å². The standard InChI is InChI=1S/C16H10N4O2S3/c21-25(22)18-13(11-7-3-1-4-8-11)15(19-25)17-16-14(23-20-24-16)12-9-5-2-6-10-12/h1-10H. The van der Waals surface area contributed by atoms with Crippen molar-refractivity contribution in [3.05, 3.63) is 71.8 Å². The summed E-state index contributed by atoms with van der Waals surface area (Å²) in [6, 6.07) is 18.7. The monoisotopic (exact) mass is 386 g/mol. The summed E-state index contributed by atoms with van der Waals surface area (Å²) < 4.78 is 35.4. The second kappa shape index (κ2) is 6.51. The molecule has 0 fully saturated rings. The highest BCUT2D eigenvalue weighted by molar-refractivity contribution is 8.20. The summed E-state index contributed by atoms with van der Waals surface area (Å²) in [6.07, 6.45) is 0. The highest BCUT2D eigenvalue weighted by Gasteiger charge is 2.27. The van der Waals surface area contributed by atoms with E-state index in [1.54, 1.807) is 12.1 Å². The summed E-state index contributed by atoms with van der Waals surface area (Å²) >= 11 is 2.51. The number of nitrogens with zero attached hydrogens (tertiary/aromatic N) is 4. The molecule has 0 unspecified atom stereocenters. The van der Waals surface area contributed by atoms with Gasteiger partial charge in [-0.05, 0) is 16.7 Å². The van der Waals surface area contributed by atoms with Crippen LogP contribution in [0.2, 0.25) is 0 Å². The minimum Gasteiger partial charge on any atom is -0.216 e. The SMILES string of the molecule is O=S1(=O)N=C(N=C2SN=S=C2c2ccccc2)C(c2ccccc2)=N1. The maximum Gasteiger partial charge on any atom is 0.365 e. The molecular weight excluding hydrogens is 376 g/mol. The topological polar surface area (TPSA) is 83.6 Å². The van der Waals surface area contributed by atoms with Gasteiger partial charge in [0.1, 0.15) is 10.8 Å². The van der Waals surface area contributed by atoms with Crippen molar-refractivity contribution in [1.29, 1.82) is 0 Å². The molecule has 4 rings (SSSR count). The van der Waals surface area contributed by atoms with Gasteiger partial charge in [-0.25, -0.2) is 4.99 Å². The van der Waals surface area contributed by atoms with E-state index in [-0.39, 0.29) is 11.5 Å². The first-order valence-electron chi connectivity index (χ1n) is 7.19. The van der Waals surface area contributed by atoms with Crippen LogP contribution in [0.5, 0.6) is 0 Å². The summed E-state index contributed by atoms with van der Waals surface area (Å²) in [7, 11) is -3.90. The minimum atomic E-state index is -3.90. The highest BCUT2D eigenvalue weighted by Crippen LogP contribution is 2.21. The molecule has 2 aliphatic rings. The summed E-state index contributed by atoms with van der Waals surface area (Å²) in [5.41, 5.74) is 1.87. The Balaban J connectivity index is 1.76. The molecule has 0 spiro atoms. The molecule has 0 saturated carbocycles. The van der Waals surface area contributed by atoms with Gasteiger partial charge in [-0.3, -0.25) is 0 Å². The number of rotatable bonds is 2. The van der Waals surface area contributed by atoms with Crippen molar-refractivity contribution in [2.75, 3.05) is 0 Å². The predicted octanol–water partition coefficient (Wildman–Crippen LogP) is 2.68. The Hall–Kier alpha value is -2.36. The lowest BCUT2D eigenvalue weighted by Crippen LogP contribution is -2.16. The average molecular weight is 386 g/mol. The van der Waals surface area contributed by atoms with Gasteiger partial charge in [-0.2, -0.15) is 12.2 Å². The van der Waals surface area contributed by atoms with E-state index < -0.39 is 10.2 Å². The van der Waals surface area contributed by atoms with Crippen LogP contribution in [-0.2, 0) is 21.4 Å². The molecule has 0 radical (unpaired) electrons.